The Morgan fingerprint density at radius 3 is 2.85 bits per heavy atom. The lowest BCUT2D eigenvalue weighted by atomic mass is 10.2. The van der Waals surface area contributed by atoms with Crippen molar-refractivity contribution < 1.29 is 9.90 Å². The summed E-state index contributed by atoms with van der Waals surface area (Å²) in [5.74, 6) is -0.648. The standard InChI is InChI=1S/C14H12N4O2/c19-14(20)11-4-2-6-16-13(11)17-8-10-7-9-3-1-5-15-12(9)18-10/h1-7H,8H2,(H,15,18)(H,16,17)(H,19,20). The molecule has 100 valence electrons. The number of H-pyrrole nitrogens is 1. The highest BCUT2D eigenvalue weighted by Crippen LogP contribution is 2.15. The highest BCUT2D eigenvalue weighted by Gasteiger charge is 2.10. The minimum Gasteiger partial charge on any atom is -0.478 e. The van der Waals surface area contributed by atoms with Crippen LogP contribution in [0, 0.1) is 0 Å². The molecule has 0 radical (unpaired) electrons. The monoisotopic (exact) mass is 268 g/mol. The van der Waals surface area contributed by atoms with E-state index in [1.54, 1.807) is 18.5 Å². The van der Waals surface area contributed by atoms with E-state index in [1.165, 1.54) is 6.07 Å². The molecule has 6 heteroatoms. The number of nitrogens with zero attached hydrogens (tertiary/aromatic N) is 2. The molecule has 3 heterocycles. The SMILES string of the molecule is O=C(O)c1cccnc1NCc1cc2cccnc2[nH]1. The summed E-state index contributed by atoms with van der Waals surface area (Å²) in [5, 5.41) is 13.1. The molecule has 0 spiro atoms. The number of fused-ring (bicyclic) bond motifs is 1. The van der Waals surface area contributed by atoms with Crippen LogP contribution in [0.4, 0.5) is 5.82 Å². The van der Waals surface area contributed by atoms with Crippen molar-refractivity contribution >= 4 is 22.8 Å². The van der Waals surface area contributed by atoms with E-state index in [0.717, 1.165) is 16.7 Å². The molecule has 0 aliphatic heterocycles. The molecule has 0 amide bonds. The number of carbonyl (C=O) groups is 1. The lowest BCUT2D eigenvalue weighted by Gasteiger charge is -2.06. The molecule has 3 aromatic heterocycles. The molecular formula is C14H12N4O2. The van der Waals surface area contributed by atoms with Crippen molar-refractivity contribution in [1.82, 2.24) is 15.0 Å². The van der Waals surface area contributed by atoms with Gasteiger partial charge in [0.25, 0.3) is 0 Å². The Balaban J connectivity index is 1.81. The van der Waals surface area contributed by atoms with E-state index < -0.39 is 5.97 Å². The Morgan fingerprint density at radius 2 is 2.05 bits per heavy atom. The topological polar surface area (TPSA) is 90.9 Å². The number of aromatic amines is 1. The fourth-order valence-corrected chi connectivity index (χ4v) is 2.01. The normalized spacial score (nSPS) is 10.6. The van der Waals surface area contributed by atoms with E-state index in [4.69, 9.17) is 5.11 Å². The molecule has 0 aromatic carbocycles. The fraction of sp³-hybridized carbons (Fsp3) is 0.0714. The number of hydrogen-bond donors (Lipinski definition) is 3. The van der Waals surface area contributed by atoms with E-state index in [9.17, 15) is 4.79 Å². The van der Waals surface area contributed by atoms with Gasteiger partial charge in [-0.1, -0.05) is 0 Å². The predicted molar refractivity (Wildman–Crippen MR) is 74.6 cm³/mol. The zero-order chi connectivity index (χ0) is 13.9. The molecule has 0 aliphatic rings. The van der Waals surface area contributed by atoms with Crippen molar-refractivity contribution in [3.05, 3.63) is 54.0 Å². The molecule has 20 heavy (non-hydrogen) atoms. The summed E-state index contributed by atoms with van der Waals surface area (Å²) in [5.41, 5.74) is 1.88. The van der Waals surface area contributed by atoms with Gasteiger partial charge in [0.1, 0.15) is 17.0 Å². The number of pyridine rings is 2. The lowest BCUT2D eigenvalue weighted by Crippen LogP contribution is -2.08. The van der Waals surface area contributed by atoms with E-state index in [2.05, 4.69) is 20.3 Å². The summed E-state index contributed by atoms with van der Waals surface area (Å²) in [6.07, 6.45) is 3.28. The quantitative estimate of drug-likeness (QED) is 0.675. The van der Waals surface area contributed by atoms with Gasteiger partial charge in [0.2, 0.25) is 0 Å². The third-order valence-electron chi connectivity index (χ3n) is 2.93. The number of nitrogens with one attached hydrogen (secondary N) is 2. The molecule has 0 atom stereocenters. The van der Waals surface area contributed by atoms with Crippen LogP contribution < -0.4 is 5.32 Å². The summed E-state index contributed by atoms with van der Waals surface area (Å²) in [4.78, 5) is 22.5. The average molecular weight is 268 g/mol. The summed E-state index contributed by atoms with van der Waals surface area (Å²) in [6.45, 7) is 0.452. The third kappa shape index (κ3) is 2.31. The van der Waals surface area contributed by atoms with Gasteiger partial charge in [-0.05, 0) is 30.3 Å². The summed E-state index contributed by atoms with van der Waals surface area (Å²) in [6, 6.07) is 8.92. The summed E-state index contributed by atoms with van der Waals surface area (Å²) >= 11 is 0. The average Bonchev–Trinajstić information content (AvgIpc) is 2.88. The molecule has 0 saturated carbocycles. The number of carboxylic acids is 1. The van der Waals surface area contributed by atoms with Crippen LogP contribution in [0.25, 0.3) is 11.0 Å². The smallest absolute Gasteiger partial charge is 0.339 e. The maximum absolute atomic E-state index is 11.1. The van der Waals surface area contributed by atoms with Crippen molar-refractivity contribution in [2.75, 3.05) is 5.32 Å². The summed E-state index contributed by atoms with van der Waals surface area (Å²) in [7, 11) is 0. The predicted octanol–water partition coefficient (Wildman–Crippen LogP) is 2.27. The van der Waals surface area contributed by atoms with Crippen LogP contribution in [-0.4, -0.2) is 26.0 Å². The second kappa shape index (κ2) is 5.00. The maximum Gasteiger partial charge on any atom is 0.339 e. The van der Waals surface area contributed by atoms with E-state index in [1.807, 2.05) is 18.2 Å². The first-order chi connectivity index (χ1) is 9.74. The Kier molecular flexibility index (Phi) is 3.04. The highest BCUT2D eigenvalue weighted by molar-refractivity contribution is 5.93. The number of carboxylic acid groups (broad SMARTS) is 1. The largest absolute Gasteiger partial charge is 0.478 e. The second-order valence-electron chi connectivity index (χ2n) is 4.29. The number of hydrogen-bond acceptors (Lipinski definition) is 4. The molecule has 0 saturated heterocycles. The minimum atomic E-state index is -1.00. The molecule has 0 aliphatic carbocycles. The van der Waals surface area contributed by atoms with Crippen LogP contribution in [0.2, 0.25) is 0 Å². The Morgan fingerprint density at radius 1 is 1.25 bits per heavy atom. The molecule has 0 bridgehead atoms. The third-order valence-corrected chi connectivity index (χ3v) is 2.93. The Bertz CT molecular complexity index is 733. The molecular weight excluding hydrogens is 256 g/mol. The fourth-order valence-electron chi connectivity index (χ4n) is 2.01. The highest BCUT2D eigenvalue weighted by atomic mass is 16.4. The first-order valence-electron chi connectivity index (χ1n) is 6.09. The van der Waals surface area contributed by atoms with Gasteiger partial charge in [0.05, 0.1) is 6.54 Å². The summed E-state index contributed by atoms with van der Waals surface area (Å²) < 4.78 is 0. The van der Waals surface area contributed by atoms with E-state index >= 15 is 0 Å². The van der Waals surface area contributed by atoms with Gasteiger partial charge in [0, 0.05) is 23.5 Å². The van der Waals surface area contributed by atoms with Crippen molar-refractivity contribution in [3.8, 4) is 0 Å². The molecule has 0 unspecified atom stereocenters. The molecule has 3 N–H and O–H groups in total. The van der Waals surface area contributed by atoms with Crippen LogP contribution >= 0.6 is 0 Å². The maximum atomic E-state index is 11.1. The molecule has 3 rings (SSSR count). The zero-order valence-corrected chi connectivity index (χ0v) is 10.5. The van der Waals surface area contributed by atoms with Gasteiger partial charge in [-0.2, -0.15) is 0 Å². The van der Waals surface area contributed by atoms with Crippen molar-refractivity contribution in [2.45, 2.75) is 6.54 Å². The van der Waals surface area contributed by atoms with Crippen LogP contribution in [0.3, 0.4) is 0 Å². The lowest BCUT2D eigenvalue weighted by molar-refractivity contribution is 0.0697. The van der Waals surface area contributed by atoms with Crippen molar-refractivity contribution in [3.63, 3.8) is 0 Å². The van der Waals surface area contributed by atoms with Gasteiger partial charge >= 0.3 is 5.97 Å². The van der Waals surface area contributed by atoms with Gasteiger partial charge < -0.3 is 15.4 Å². The molecule has 0 fully saturated rings. The number of aromatic nitrogens is 3. The zero-order valence-electron chi connectivity index (χ0n) is 10.5. The van der Waals surface area contributed by atoms with E-state index in [-0.39, 0.29) is 5.56 Å². The second-order valence-corrected chi connectivity index (χ2v) is 4.29. The Hall–Kier alpha value is -2.89. The molecule has 3 aromatic rings. The number of rotatable bonds is 4. The minimum absolute atomic E-state index is 0.154. The van der Waals surface area contributed by atoms with Crippen LogP contribution in [0.5, 0.6) is 0 Å². The van der Waals surface area contributed by atoms with Crippen molar-refractivity contribution in [1.29, 1.82) is 0 Å². The molecule has 6 nitrogen and oxygen atoms in total. The van der Waals surface area contributed by atoms with Crippen LogP contribution in [-0.2, 0) is 6.54 Å². The van der Waals surface area contributed by atoms with Crippen molar-refractivity contribution in [2.24, 2.45) is 0 Å². The van der Waals surface area contributed by atoms with E-state index in [0.29, 0.717) is 12.4 Å². The van der Waals surface area contributed by atoms with Gasteiger partial charge in [0.15, 0.2) is 0 Å². The van der Waals surface area contributed by atoms with Crippen LogP contribution in [0.15, 0.2) is 42.7 Å². The first-order valence-corrected chi connectivity index (χ1v) is 6.09. The number of anilines is 1. The van der Waals surface area contributed by atoms with Gasteiger partial charge in [-0.15, -0.1) is 0 Å². The van der Waals surface area contributed by atoms with Crippen LogP contribution in [0.1, 0.15) is 16.1 Å². The Labute approximate surface area is 114 Å². The van der Waals surface area contributed by atoms with Gasteiger partial charge in [-0.25, -0.2) is 14.8 Å². The van der Waals surface area contributed by atoms with Gasteiger partial charge in [-0.3, -0.25) is 0 Å². The first kappa shape index (κ1) is 12.2. The number of aromatic carboxylic acids is 1.